The molecule has 0 aliphatic carbocycles. The van der Waals surface area contributed by atoms with Gasteiger partial charge in [0.05, 0.1) is 0 Å². The normalized spacial score (nSPS) is 11.9. The summed E-state index contributed by atoms with van der Waals surface area (Å²) in [5.74, 6) is 0. The summed E-state index contributed by atoms with van der Waals surface area (Å²) < 4.78 is 0. The maximum atomic E-state index is 2.33. The van der Waals surface area contributed by atoms with Gasteiger partial charge in [0.15, 0.2) is 0 Å². The molecule has 9 aromatic carbocycles. The summed E-state index contributed by atoms with van der Waals surface area (Å²) in [6, 6.07) is 60.1. The van der Waals surface area contributed by atoms with Crippen LogP contribution in [0.1, 0.15) is 16.7 Å². The Balaban J connectivity index is 1.01. The van der Waals surface area contributed by atoms with Crippen molar-refractivity contribution in [2.24, 2.45) is 0 Å². The standard InChI is InChI=1S/C47H32/c1-31-27-37(17-14-32(31)13-16-35-10-6-12-47-43-11-5-4-8-34(43)21-24-44(35)47)39-22-25-45-41(29-39)19-20-42-30-40(23-26-46(42)45)38-18-15-33-7-2-3-9-36(33)28-38/h2-30H,1H3/b16-13-. The van der Waals surface area contributed by atoms with Crippen LogP contribution in [-0.4, -0.2) is 0 Å². The zero-order chi connectivity index (χ0) is 31.3. The van der Waals surface area contributed by atoms with Crippen LogP contribution in [-0.2, 0) is 0 Å². The molecule has 0 radical (unpaired) electrons. The summed E-state index contributed by atoms with van der Waals surface area (Å²) in [6.07, 6.45) is 4.51. The summed E-state index contributed by atoms with van der Waals surface area (Å²) in [5, 5.41) is 12.8. The summed E-state index contributed by atoms with van der Waals surface area (Å²) in [5.41, 5.74) is 8.72. The van der Waals surface area contributed by atoms with E-state index in [1.54, 1.807) is 0 Å². The lowest BCUT2D eigenvalue weighted by atomic mass is 9.93. The predicted molar refractivity (Wildman–Crippen MR) is 205 cm³/mol. The molecule has 0 unspecified atom stereocenters. The summed E-state index contributed by atoms with van der Waals surface area (Å²) >= 11 is 0. The maximum absolute atomic E-state index is 2.33. The summed E-state index contributed by atoms with van der Waals surface area (Å²) in [4.78, 5) is 0. The molecule has 220 valence electrons. The second-order valence-electron chi connectivity index (χ2n) is 12.6. The predicted octanol–water partition coefficient (Wildman–Crippen LogP) is 13.3. The third kappa shape index (κ3) is 4.87. The third-order valence-corrected chi connectivity index (χ3v) is 9.78. The monoisotopic (exact) mass is 596 g/mol. The Bertz CT molecular complexity index is 2690. The fraction of sp³-hybridized carbons (Fsp3) is 0.0213. The van der Waals surface area contributed by atoms with Gasteiger partial charge in [-0.1, -0.05) is 158 Å². The van der Waals surface area contributed by atoms with E-state index in [0.29, 0.717) is 0 Å². The van der Waals surface area contributed by atoms with Crippen LogP contribution in [0.15, 0.2) is 164 Å². The van der Waals surface area contributed by atoms with E-state index < -0.39 is 0 Å². The lowest BCUT2D eigenvalue weighted by Crippen LogP contribution is -1.86. The van der Waals surface area contributed by atoms with E-state index in [-0.39, 0.29) is 0 Å². The van der Waals surface area contributed by atoms with Gasteiger partial charge in [-0.25, -0.2) is 0 Å². The number of aryl methyl sites for hydroxylation is 1. The van der Waals surface area contributed by atoms with Gasteiger partial charge in [0.25, 0.3) is 0 Å². The molecule has 0 fully saturated rings. The molecule has 0 heterocycles. The number of hydrogen-bond acceptors (Lipinski definition) is 0. The minimum atomic E-state index is 1.24. The first-order chi connectivity index (χ1) is 23.2. The van der Waals surface area contributed by atoms with Crippen LogP contribution >= 0.6 is 0 Å². The highest BCUT2D eigenvalue weighted by atomic mass is 14.1. The largest absolute Gasteiger partial charge is 0.0616 e. The SMILES string of the molecule is Cc1cc(-c2ccc3c(ccc4cc(-c5ccc6ccccc6c5)ccc43)c2)ccc1/C=C\c1cccc2c1ccc1ccccc12. The molecule has 9 rings (SSSR count). The Morgan fingerprint density at radius 1 is 0.298 bits per heavy atom. The van der Waals surface area contributed by atoms with E-state index in [9.17, 15) is 0 Å². The van der Waals surface area contributed by atoms with Gasteiger partial charge in [0.1, 0.15) is 0 Å². The number of fused-ring (bicyclic) bond motifs is 7. The summed E-state index contributed by atoms with van der Waals surface area (Å²) in [6.45, 7) is 2.21. The van der Waals surface area contributed by atoms with Crippen molar-refractivity contribution in [3.63, 3.8) is 0 Å². The highest BCUT2D eigenvalue weighted by molar-refractivity contribution is 6.11. The first kappa shape index (κ1) is 27.3. The van der Waals surface area contributed by atoms with E-state index in [4.69, 9.17) is 0 Å². The van der Waals surface area contributed by atoms with Gasteiger partial charge in [0.2, 0.25) is 0 Å². The van der Waals surface area contributed by atoms with Crippen molar-refractivity contribution in [2.45, 2.75) is 6.92 Å². The second-order valence-corrected chi connectivity index (χ2v) is 12.6. The number of rotatable bonds is 4. The Kier molecular flexibility index (Phi) is 6.47. The molecule has 0 aliphatic heterocycles. The van der Waals surface area contributed by atoms with Crippen LogP contribution in [0.4, 0.5) is 0 Å². The van der Waals surface area contributed by atoms with Gasteiger partial charge in [-0.05, 0) is 118 Å². The average Bonchev–Trinajstić information content (AvgIpc) is 3.13. The van der Waals surface area contributed by atoms with Gasteiger partial charge >= 0.3 is 0 Å². The molecule has 0 saturated carbocycles. The van der Waals surface area contributed by atoms with Crippen LogP contribution in [0.3, 0.4) is 0 Å². The Hall–Kier alpha value is -5.98. The molecule has 0 amide bonds. The highest BCUT2D eigenvalue weighted by Crippen LogP contribution is 2.34. The van der Waals surface area contributed by atoms with Crippen LogP contribution in [0.2, 0.25) is 0 Å². The minimum absolute atomic E-state index is 1.24. The van der Waals surface area contributed by atoms with E-state index in [0.717, 1.165) is 0 Å². The molecular weight excluding hydrogens is 565 g/mol. The highest BCUT2D eigenvalue weighted by Gasteiger charge is 2.08. The fourth-order valence-electron chi connectivity index (χ4n) is 7.23. The quantitative estimate of drug-likeness (QED) is 0.140. The van der Waals surface area contributed by atoms with Gasteiger partial charge < -0.3 is 0 Å². The lowest BCUT2D eigenvalue weighted by molar-refractivity contribution is 1.44. The topological polar surface area (TPSA) is 0 Å². The van der Waals surface area contributed by atoms with E-state index in [2.05, 4.69) is 183 Å². The zero-order valence-corrected chi connectivity index (χ0v) is 26.2. The molecule has 0 atom stereocenters. The third-order valence-electron chi connectivity index (χ3n) is 9.78. The van der Waals surface area contributed by atoms with Gasteiger partial charge in [-0.15, -0.1) is 0 Å². The molecule has 0 nitrogen and oxygen atoms in total. The molecule has 0 spiro atoms. The van der Waals surface area contributed by atoms with Crippen molar-refractivity contribution in [3.05, 3.63) is 180 Å². The van der Waals surface area contributed by atoms with Crippen molar-refractivity contribution in [2.75, 3.05) is 0 Å². The van der Waals surface area contributed by atoms with Crippen LogP contribution in [0.5, 0.6) is 0 Å². The molecule has 9 aromatic rings. The van der Waals surface area contributed by atoms with Gasteiger partial charge in [0, 0.05) is 0 Å². The Morgan fingerprint density at radius 3 is 1.53 bits per heavy atom. The van der Waals surface area contributed by atoms with E-state index >= 15 is 0 Å². The maximum Gasteiger partial charge on any atom is -0.00994 e. The first-order valence-corrected chi connectivity index (χ1v) is 16.3. The molecular formula is C47H32. The molecule has 47 heavy (non-hydrogen) atoms. The molecule has 0 bridgehead atoms. The van der Waals surface area contributed by atoms with Gasteiger partial charge in [-0.2, -0.15) is 0 Å². The molecule has 0 aliphatic rings. The smallest absolute Gasteiger partial charge is 0.00994 e. The average molecular weight is 597 g/mol. The molecule has 0 N–H and O–H groups in total. The van der Waals surface area contributed by atoms with E-state index in [1.807, 2.05) is 0 Å². The number of hydrogen-bond donors (Lipinski definition) is 0. The Morgan fingerprint density at radius 2 is 0.787 bits per heavy atom. The van der Waals surface area contributed by atoms with Gasteiger partial charge in [-0.3, -0.25) is 0 Å². The first-order valence-electron chi connectivity index (χ1n) is 16.3. The van der Waals surface area contributed by atoms with Crippen molar-refractivity contribution in [3.8, 4) is 22.3 Å². The minimum Gasteiger partial charge on any atom is -0.0616 e. The molecule has 0 saturated heterocycles. The fourth-order valence-corrected chi connectivity index (χ4v) is 7.23. The van der Waals surface area contributed by atoms with Crippen molar-refractivity contribution in [1.29, 1.82) is 0 Å². The molecule has 0 heteroatoms. The van der Waals surface area contributed by atoms with Crippen molar-refractivity contribution in [1.82, 2.24) is 0 Å². The van der Waals surface area contributed by atoms with Crippen molar-refractivity contribution >= 4 is 66.0 Å². The van der Waals surface area contributed by atoms with Crippen LogP contribution < -0.4 is 0 Å². The van der Waals surface area contributed by atoms with Crippen LogP contribution in [0, 0.1) is 6.92 Å². The molecule has 0 aromatic heterocycles. The van der Waals surface area contributed by atoms with Crippen LogP contribution in [0.25, 0.3) is 88.3 Å². The zero-order valence-electron chi connectivity index (χ0n) is 26.2. The lowest BCUT2D eigenvalue weighted by Gasteiger charge is -2.11. The summed E-state index contributed by atoms with van der Waals surface area (Å²) in [7, 11) is 0. The van der Waals surface area contributed by atoms with E-state index in [1.165, 1.54) is 92.8 Å². The second kappa shape index (κ2) is 11.1. The van der Waals surface area contributed by atoms with Crippen molar-refractivity contribution < 1.29 is 0 Å². The Labute approximate surface area is 274 Å². The number of benzene rings is 9.